The number of hydrogen-bond acceptors (Lipinski definition) is 4. The van der Waals surface area contributed by atoms with Gasteiger partial charge in [-0.2, -0.15) is 5.10 Å². The van der Waals surface area contributed by atoms with E-state index in [1.165, 1.54) is 0 Å². The summed E-state index contributed by atoms with van der Waals surface area (Å²) < 4.78 is 23.2. The van der Waals surface area contributed by atoms with Crippen molar-refractivity contribution in [3.8, 4) is 0 Å². The highest BCUT2D eigenvalue weighted by atomic mass is 19.1. The van der Waals surface area contributed by atoms with Gasteiger partial charge in [0.25, 0.3) is 5.91 Å². The molecule has 0 aromatic carbocycles. The molecule has 0 spiro atoms. The number of hydrogen-bond donors (Lipinski definition) is 1. The van der Waals surface area contributed by atoms with Gasteiger partial charge in [0.15, 0.2) is 5.82 Å². The van der Waals surface area contributed by atoms with E-state index in [4.69, 9.17) is 4.74 Å². The minimum absolute atomic E-state index is 0.167. The molecule has 0 saturated carbocycles. The smallest absolute Gasteiger partial charge is 0.265 e. The van der Waals surface area contributed by atoms with Crippen molar-refractivity contribution in [2.75, 3.05) is 18.5 Å². The lowest BCUT2D eigenvalue weighted by Crippen LogP contribution is -2.45. The molecule has 3 aromatic rings. The van der Waals surface area contributed by atoms with Gasteiger partial charge in [-0.3, -0.25) is 9.48 Å². The van der Waals surface area contributed by atoms with E-state index in [1.54, 1.807) is 16.9 Å². The first-order valence-corrected chi connectivity index (χ1v) is 8.17. The fourth-order valence-electron chi connectivity index (χ4n) is 2.91. The maximum Gasteiger partial charge on any atom is 0.265 e. The first kappa shape index (κ1) is 15.8. The van der Waals surface area contributed by atoms with Crippen molar-refractivity contribution in [3.63, 3.8) is 0 Å². The Morgan fingerprint density at radius 2 is 2.28 bits per heavy atom. The molecule has 8 heteroatoms. The maximum absolute atomic E-state index is 14.5. The third-order valence-corrected chi connectivity index (χ3v) is 4.22. The Morgan fingerprint density at radius 1 is 1.36 bits per heavy atom. The van der Waals surface area contributed by atoms with Gasteiger partial charge < -0.3 is 14.5 Å². The zero-order chi connectivity index (χ0) is 17.3. The van der Waals surface area contributed by atoms with Gasteiger partial charge in [0, 0.05) is 31.3 Å². The Kier molecular flexibility index (Phi) is 3.96. The maximum atomic E-state index is 14.5. The minimum atomic E-state index is -1.98. The van der Waals surface area contributed by atoms with Crippen LogP contribution in [0.4, 0.5) is 10.2 Å². The van der Waals surface area contributed by atoms with Crippen LogP contribution in [-0.2, 0) is 16.1 Å². The molecule has 1 aliphatic heterocycles. The fraction of sp³-hybridized carbons (Fsp3) is 0.353. The van der Waals surface area contributed by atoms with E-state index in [1.807, 2.05) is 35.0 Å². The number of aromatic nitrogens is 4. The zero-order valence-electron chi connectivity index (χ0n) is 13.6. The first-order chi connectivity index (χ1) is 12.1. The molecular weight excluding hydrogens is 325 g/mol. The van der Waals surface area contributed by atoms with Gasteiger partial charge in [0.05, 0.1) is 18.8 Å². The third-order valence-electron chi connectivity index (χ3n) is 4.22. The Morgan fingerprint density at radius 3 is 3.08 bits per heavy atom. The third kappa shape index (κ3) is 3.25. The first-order valence-electron chi connectivity index (χ1n) is 8.17. The second-order valence-corrected chi connectivity index (χ2v) is 6.17. The van der Waals surface area contributed by atoms with Crippen molar-refractivity contribution < 1.29 is 13.9 Å². The van der Waals surface area contributed by atoms with Gasteiger partial charge in [-0.1, -0.05) is 6.07 Å². The van der Waals surface area contributed by atoms with Crippen molar-refractivity contribution in [1.29, 1.82) is 0 Å². The lowest BCUT2D eigenvalue weighted by Gasteiger charge is -2.27. The lowest BCUT2D eigenvalue weighted by atomic mass is 9.98. The predicted molar refractivity (Wildman–Crippen MR) is 89.0 cm³/mol. The number of rotatable bonds is 4. The normalized spacial score (nSPS) is 20.7. The van der Waals surface area contributed by atoms with Crippen LogP contribution in [0, 0.1) is 0 Å². The molecule has 3 aromatic heterocycles. The molecule has 1 fully saturated rings. The number of pyridine rings is 1. The summed E-state index contributed by atoms with van der Waals surface area (Å²) in [5.41, 5.74) is -0.284. The number of nitrogens with zero attached hydrogens (tertiary/aromatic N) is 4. The zero-order valence-corrected chi connectivity index (χ0v) is 13.6. The standard InChI is InChI=1S/C17H18FN5O2/c18-17(6-3-9-25-12-17)16(24)20-14-5-8-23(21-14)11-13-10-22-7-2-1-4-15(22)19-13/h1-2,4-5,7-8,10H,3,6,9,11-12H2,(H,20,21,24). The van der Waals surface area contributed by atoms with Crippen LogP contribution in [0.15, 0.2) is 42.9 Å². The Balaban J connectivity index is 1.44. The molecule has 1 aliphatic rings. The van der Waals surface area contributed by atoms with E-state index in [-0.39, 0.29) is 13.0 Å². The molecule has 130 valence electrons. The Labute approximate surface area is 143 Å². The van der Waals surface area contributed by atoms with Crippen molar-refractivity contribution in [2.45, 2.75) is 25.1 Å². The number of anilines is 1. The van der Waals surface area contributed by atoms with Gasteiger partial charge in [0.2, 0.25) is 5.67 Å². The molecular formula is C17H18FN5O2. The van der Waals surface area contributed by atoms with Crippen LogP contribution in [0.1, 0.15) is 18.5 Å². The van der Waals surface area contributed by atoms with E-state index in [0.717, 1.165) is 11.3 Å². The highest BCUT2D eigenvalue weighted by Gasteiger charge is 2.41. The summed E-state index contributed by atoms with van der Waals surface area (Å²) in [6.45, 7) is 0.745. The summed E-state index contributed by atoms with van der Waals surface area (Å²) >= 11 is 0. The average molecular weight is 343 g/mol. The second-order valence-electron chi connectivity index (χ2n) is 6.17. The van der Waals surface area contributed by atoms with Crippen molar-refractivity contribution in [2.24, 2.45) is 0 Å². The van der Waals surface area contributed by atoms with Crippen LogP contribution in [0.5, 0.6) is 0 Å². The number of carbonyl (C=O) groups excluding carboxylic acids is 1. The van der Waals surface area contributed by atoms with Gasteiger partial charge >= 0.3 is 0 Å². The molecule has 25 heavy (non-hydrogen) atoms. The van der Waals surface area contributed by atoms with Gasteiger partial charge in [-0.05, 0) is 25.0 Å². The van der Waals surface area contributed by atoms with Crippen LogP contribution >= 0.6 is 0 Å². The summed E-state index contributed by atoms with van der Waals surface area (Å²) in [5, 5.41) is 6.80. The molecule has 1 amide bonds. The van der Waals surface area contributed by atoms with E-state index >= 15 is 0 Å². The SMILES string of the molecule is O=C(Nc1ccn(Cc2cn3ccccc3n2)n1)C1(F)CCCOC1. The lowest BCUT2D eigenvalue weighted by molar-refractivity contribution is -0.136. The second kappa shape index (κ2) is 6.29. The van der Waals surface area contributed by atoms with Gasteiger partial charge in [0.1, 0.15) is 5.65 Å². The van der Waals surface area contributed by atoms with Crippen LogP contribution < -0.4 is 5.32 Å². The van der Waals surface area contributed by atoms with E-state index < -0.39 is 11.6 Å². The average Bonchev–Trinajstić information content (AvgIpc) is 3.21. The fourth-order valence-corrected chi connectivity index (χ4v) is 2.91. The van der Waals surface area contributed by atoms with E-state index in [0.29, 0.717) is 25.4 Å². The predicted octanol–water partition coefficient (Wildman–Crippen LogP) is 2.04. The summed E-state index contributed by atoms with van der Waals surface area (Å²) in [6.07, 6.45) is 6.27. The van der Waals surface area contributed by atoms with Gasteiger partial charge in [-0.15, -0.1) is 0 Å². The number of ether oxygens (including phenoxy) is 1. The summed E-state index contributed by atoms with van der Waals surface area (Å²) in [5.74, 6) is -0.387. The van der Waals surface area contributed by atoms with Crippen molar-refractivity contribution in [1.82, 2.24) is 19.2 Å². The summed E-state index contributed by atoms with van der Waals surface area (Å²) in [4.78, 5) is 16.6. The van der Waals surface area contributed by atoms with E-state index in [2.05, 4.69) is 15.4 Å². The molecule has 1 N–H and O–H groups in total. The molecule has 1 unspecified atom stereocenters. The van der Waals surface area contributed by atoms with E-state index in [9.17, 15) is 9.18 Å². The Hall–Kier alpha value is -2.74. The highest BCUT2D eigenvalue weighted by molar-refractivity contribution is 5.96. The largest absolute Gasteiger partial charge is 0.378 e. The minimum Gasteiger partial charge on any atom is -0.378 e. The molecule has 0 aliphatic carbocycles. The molecule has 1 saturated heterocycles. The van der Waals surface area contributed by atoms with Crippen LogP contribution in [0.25, 0.3) is 5.65 Å². The molecule has 7 nitrogen and oxygen atoms in total. The van der Waals surface area contributed by atoms with Crippen LogP contribution in [0.3, 0.4) is 0 Å². The monoisotopic (exact) mass is 343 g/mol. The number of amides is 1. The summed E-state index contributed by atoms with van der Waals surface area (Å²) in [6, 6.07) is 7.42. The Bertz CT molecular complexity index is 864. The topological polar surface area (TPSA) is 73.5 Å². The highest BCUT2D eigenvalue weighted by Crippen LogP contribution is 2.25. The van der Waals surface area contributed by atoms with Crippen LogP contribution in [-0.4, -0.2) is 44.0 Å². The molecule has 4 rings (SSSR count). The number of halogens is 1. The number of alkyl halides is 1. The summed E-state index contributed by atoms with van der Waals surface area (Å²) in [7, 11) is 0. The number of carbonyl (C=O) groups is 1. The van der Waals surface area contributed by atoms with Crippen LogP contribution in [0.2, 0.25) is 0 Å². The molecule has 4 heterocycles. The molecule has 0 radical (unpaired) electrons. The van der Waals surface area contributed by atoms with Gasteiger partial charge in [-0.25, -0.2) is 9.37 Å². The quantitative estimate of drug-likeness (QED) is 0.787. The number of nitrogens with one attached hydrogen (secondary N) is 1. The number of imidazole rings is 1. The van der Waals surface area contributed by atoms with Crippen molar-refractivity contribution >= 4 is 17.4 Å². The van der Waals surface area contributed by atoms with Crippen molar-refractivity contribution in [3.05, 3.63) is 48.5 Å². The molecule has 0 bridgehead atoms. The molecule has 1 atom stereocenters. The number of fused-ring (bicyclic) bond motifs is 1.